The van der Waals surface area contributed by atoms with Crippen LogP contribution < -0.4 is 5.73 Å². The fraction of sp³-hybridized carbons (Fsp3) is 0.182. The molecule has 0 aliphatic carbocycles. The topological polar surface area (TPSA) is 52.0 Å². The zero-order valence-electron chi connectivity index (χ0n) is 8.11. The molecule has 2 rings (SSSR count). The predicted molar refractivity (Wildman–Crippen MR) is 59.7 cm³/mol. The number of halogens is 1. The van der Waals surface area contributed by atoms with Crippen molar-refractivity contribution < 1.29 is 4.52 Å². The lowest BCUT2D eigenvalue weighted by molar-refractivity contribution is 0.385. The van der Waals surface area contributed by atoms with Crippen molar-refractivity contribution in [3.63, 3.8) is 0 Å². The minimum absolute atomic E-state index is 0.534. The average molecular weight is 223 g/mol. The summed E-state index contributed by atoms with van der Waals surface area (Å²) in [7, 11) is 0. The van der Waals surface area contributed by atoms with Crippen LogP contribution in [0.2, 0.25) is 5.02 Å². The third-order valence-corrected chi connectivity index (χ3v) is 2.51. The Morgan fingerprint density at radius 2 is 2.07 bits per heavy atom. The number of hydrogen-bond acceptors (Lipinski definition) is 3. The van der Waals surface area contributed by atoms with Gasteiger partial charge in [-0.3, -0.25) is 0 Å². The highest BCUT2D eigenvalue weighted by atomic mass is 35.5. The number of nitrogens with two attached hydrogens (primary N) is 1. The van der Waals surface area contributed by atoms with E-state index in [4.69, 9.17) is 21.9 Å². The molecular formula is C11H11ClN2O. The molecule has 0 aliphatic heterocycles. The van der Waals surface area contributed by atoms with Crippen LogP contribution in [0.4, 0.5) is 0 Å². The lowest BCUT2D eigenvalue weighted by Gasteiger charge is -2.02. The molecule has 0 radical (unpaired) electrons. The summed E-state index contributed by atoms with van der Waals surface area (Å²) >= 11 is 6.09. The van der Waals surface area contributed by atoms with Crippen molar-refractivity contribution in [3.8, 4) is 11.1 Å². The van der Waals surface area contributed by atoms with Crippen molar-refractivity contribution >= 4 is 11.6 Å². The first-order valence-electron chi connectivity index (χ1n) is 4.71. The molecular weight excluding hydrogens is 212 g/mol. The lowest BCUT2D eigenvalue weighted by Crippen LogP contribution is -2.02. The van der Waals surface area contributed by atoms with E-state index in [2.05, 4.69) is 5.16 Å². The highest BCUT2D eigenvalue weighted by Gasteiger charge is 2.11. The van der Waals surface area contributed by atoms with E-state index >= 15 is 0 Å². The Bertz CT molecular complexity index is 453. The normalized spacial score (nSPS) is 10.5. The minimum atomic E-state index is 0.534. The maximum atomic E-state index is 6.09. The monoisotopic (exact) mass is 222 g/mol. The molecule has 0 atom stereocenters. The molecule has 0 saturated carbocycles. The second kappa shape index (κ2) is 4.47. The van der Waals surface area contributed by atoms with Crippen LogP contribution in [0.5, 0.6) is 0 Å². The van der Waals surface area contributed by atoms with Crippen LogP contribution in [0.15, 0.2) is 35.0 Å². The highest BCUT2D eigenvalue weighted by molar-refractivity contribution is 6.33. The SMILES string of the molecule is NCCc1oncc1-c1ccccc1Cl. The van der Waals surface area contributed by atoms with Crippen molar-refractivity contribution in [1.82, 2.24) is 5.16 Å². The first-order valence-corrected chi connectivity index (χ1v) is 5.09. The largest absolute Gasteiger partial charge is 0.361 e. The Balaban J connectivity index is 2.45. The van der Waals surface area contributed by atoms with Gasteiger partial charge in [0.05, 0.1) is 6.20 Å². The molecule has 3 nitrogen and oxygen atoms in total. The van der Waals surface area contributed by atoms with Gasteiger partial charge in [0.25, 0.3) is 0 Å². The molecule has 0 bridgehead atoms. The van der Waals surface area contributed by atoms with Crippen molar-refractivity contribution in [2.45, 2.75) is 6.42 Å². The second-order valence-corrected chi connectivity index (χ2v) is 3.59. The summed E-state index contributed by atoms with van der Waals surface area (Å²) in [6.07, 6.45) is 2.34. The summed E-state index contributed by atoms with van der Waals surface area (Å²) in [6.45, 7) is 0.534. The Morgan fingerprint density at radius 1 is 1.27 bits per heavy atom. The fourth-order valence-corrected chi connectivity index (χ4v) is 1.71. The maximum absolute atomic E-state index is 6.09. The van der Waals surface area contributed by atoms with Crippen LogP contribution in [-0.4, -0.2) is 11.7 Å². The van der Waals surface area contributed by atoms with Gasteiger partial charge in [-0.05, 0) is 12.6 Å². The van der Waals surface area contributed by atoms with Crippen molar-refractivity contribution in [2.75, 3.05) is 6.54 Å². The van der Waals surface area contributed by atoms with E-state index in [0.717, 1.165) is 16.9 Å². The smallest absolute Gasteiger partial charge is 0.145 e. The van der Waals surface area contributed by atoms with E-state index in [1.54, 1.807) is 6.20 Å². The number of nitrogens with zero attached hydrogens (tertiary/aromatic N) is 1. The minimum Gasteiger partial charge on any atom is -0.361 e. The predicted octanol–water partition coefficient (Wildman–Crippen LogP) is 2.50. The van der Waals surface area contributed by atoms with Gasteiger partial charge in [-0.2, -0.15) is 0 Å². The van der Waals surface area contributed by atoms with E-state index < -0.39 is 0 Å². The Labute approximate surface area is 92.8 Å². The van der Waals surface area contributed by atoms with Crippen LogP contribution in [-0.2, 0) is 6.42 Å². The van der Waals surface area contributed by atoms with Gasteiger partial charge < -0.3 is 10.3 Å². The molecule has 15 heavy (non-hydrogen) atoms. The van der Waals surface area contributed by atoms with Crippen molar-refractivity contribution in [1.29, 1.82) is 0 Å². The van der Waals surface area contributed by atoms with Crippen LogP contribution in [0.3, 0.4) is 0 Å². The Kier molecular flexibility index (Phi) is 3.04. The van der Waals surface area contributed by atoms with E-state index in [-0.39, 0.29) is 0 Å². The molecule has 2 N–H and O–H groups in total. The standard InChI is InChI=1S/C11H11ClN2O/c12-10-4-2-1-3-8(10)9-7-14-15-11(9)5-6-13/h1-4,7H,5-6,13H2. The van der Waals surface area contributed by atoms with Crippen LogP contribution in [0.1, 0.15) is 5.76 Å². The van der Waals surface area contributed by atoms with Gasteiger partial charge in [-0.15, -0.1) is 0 Å². The Morgan fingerprint density at radius 3 is 2.80 bits per heavy atom. The summed E-state index contributed by atoms with van der Waals surface area (Å²) in [5.41, 5.74) is 7.34. The first kappa shape index (κ1) is 10.2. The van der Waals surface area contributed by atoms with Gasteiger partial charge in [0.2, 0.25) is 0 Å². The average Bonchev–Trinajstić information content (AvgIpc) is 2.67. The quantitative estimate of drug-likeness (QED) is 0.868. The first-order chi connectivity index (χ1) is 7.33. The molecule has 1 aromatic heterocycles. The molecule has 0 fully saturated rings. The summed E-state index contributed by atoms with van der Waals surface area (Å²) in [5, 5.41) is 4.46. The summed E-state index contributed by atoms with van der Waals surface area (Å²) in [5.74, 6) is 0.783. The number of rotatable bonds is 3. The number of hydrogen-bond donors (Lipinski definition) is 1. The van der Waals surface area contributed by atoms with Crippen molar-refractivity contribution in [3.05, 3.63) is 41.2 Å². The number of benzene rings is 1. The molecule has 0 aliphatic rings. The zero-order valence-corrected chi connectivity index (χ0v) is 8.87. The molecule has 0 amide bonds. The molecule has 0 saturated heterocycles. The van der Waals surface area contributed by atoms with Gasteiger partial charge in [-0.25, -0.2) is 0 Å². The van der Waals surface area contributed by atoms with Gasteiger partial charge in [0.1, 0.15) is 5.76 Å². The fourth-order valence-electron chi connectivity index (χ4n) is 1.47. The van der Waals surface area contributed by atoms with Gasteiger partial charge in [0, 0.05) is 22.6 Å². The molecule has 4 heteroatoms. The molecule has 1 aromatic carbocycles. The van der Waals surface area contributed by atoms with Crippen molar-refractivity contribution in [2.24, 2.45) is 5.73 Å². The van der Waals surface area contributed by atoms with Crippen LogP contribution in [0, 0.1) is 0 Å². The molecule has 2 aromatic rings. The molecule has 78 valence electrons. The lowest BCUT2D eigenvalue weighted by atomic mass is 10.1. The van der Waals surface area contributed by atoms with Gasteiger partial charge >= 0.3 is 0 Å². The number of aromatic nitrogens is 1. The molecule has 1 heterocycles. The molecule has 0 unspecified atom stereocenters. The third-order valence-electron chi connectivity index (χ3n) is 2.18. The van der Waals surface area contributed by atoms with Crippen LogP contribution >= 0.6 is 11.6 Å². The van der Waals surface area contributed by atoms with Gasteiger partial charge in [0.15, 0.2) is 0 Å². The Hall–Kier alpha value is -1.32. The van der Waals surface area contributed by atoms with E-state index in [9.17, 15) is 0 Å². The second-order valence-electron chi connectivity index (χ2n) is 3.18. The van der Waals surface area contributed by atoms with E-state index in [0.29, 0.717) is 18.0 Å². The van der Waals surface area contributed by atoms with Gasteiger partial charge in [-0.1, -0.05) is 35.0 Å². The maximum Gasteiger partial charge on any atom is 0.145 e. The third kappa shape index (κ3) is 2.03. The summed E-state index contributed by atoms with van der Waals surface area (Å²) in [6, 6.07) is 7.60. The summed E-state index contributed by atoms with van der Waals surface area (Å²) in [4.78, 5) is 0. The highest BCUT2D eigenvalue weighted by Crippen LogP contribution is 2.30. The zero-order chi connectivity index (χ0) is 10.7. The van der Waals surface area contributed by atoms with E-state index in [1.165, 1.54) is 0 Å². The summed E-state index contributed by atoms with van der Waals surface area (Å²) < 4.78 is 5.13. The molecule has 0 spiro atoms. The van der Waals surface area contributed by atoms with Crippen LogP contribution in [0.25, 0.3) is 11.1 Å². The van der Waals surface area contributed by atoms with E-state index in [1.807, 2.05) is 24.3 Å².